The molecule has 0 aromatic heterocycles. The van der Waals surface area contributed by atoms with Crippen LogP contribution < -0.4 is 0 Å². The average Bonchev–Trinajstić information content (AvgIpc) is 2.57. The molecule has 132 valence electrons. The Morgan fingerprint density at radius 2 is 1.71 bits per heavy atom. The van der Waals surface area contributed by atoms with Crippen LogP contribution in [0.4, 0.5) is 0 Å². The monoisotopic (exact) mass is 351 g/mol. The largest absolute Gasteiger partial charge is 0.337 e. The molecule has 0 aliphatic carbocycles. The summed E-state index contributed by atoms with van der Waals surface area (Å²) in [5.74, 6) is 0.179. The van der Waals surface area contributed by atoms with Crippen molar-refractivity contribution in [3.8, 4) is 0 Å². The standard InChI is InChI=1S/C17H25N3O3S/c1-24(22,23)20-12-10-18(11-13-20)16-8-5-9-19(17(16)21)14-15-6-3-2-4-7-15/h2-4,6-7,16H,5,8-14H2,1H3/t16-/m0/s1. The zero-order valence-corrected chi connectivity index (χ0v) is 14.9. The normalized spacial score (nSPS) is 24.3. The number of hydrogen-bond donors (Lipinski definition) is 0. The minimum atomic E-state index is -3.13. The van der Waals surface area contributed by atoms with Crippen LogP contribution >= 0.6 is 0 Å². The van der Waals surface area contributed by atoms with Gasteiger partial charge in [-0.25, -0.2) is 8.42 Å². The first kappa shape index (κ1) is 17.4. The second-order valence-electron chi connectivity index (χ2n) is 6.60. The van der Waals surface area contributed by atoms with Crippen molar-refractivity contribution >= 4 is 15.9 Å². The molecule has 1 amide bonds. The van der Waals surface area contributed by atoms with Crippen LogP contribution in [0.25, 0.3) is 0 Å². The number of carbonyl (C=O) groups is 1. The molecule has 3 rings (SSSR count). The lowest BCUT2D eigenvalue weighted by Crippen LogP contribution is -2.58. The molecule has 0 unspecified atom stereocenters. The van der Waals surface area contributed by atoms with Gasteiger partial charge in [0.1, 0.15) is 0 Å². The maximum Gasteiger partial charge on any atom is 0.240 e. The Morgan fingerprint density at radius 1 is 1.04 bits per heavy atom. The number of piperazine rings is 1. The highest BCUT2D eigenvalue weighted by Crippen LogP contribution is 2.21. The van der Waals surface area contributed by atoms with Crippen LogP contribution in [-0.4, -0.2) is 73.5 Å². The van der Waals surface area contributed by atoms with Gasteiger partial charge in [0.05, 0.1) is 12.3 Å². The molecule has 0 spiro atoms. The molecule has 6 nitrogen and oxygen atoms in total. The second-order valence-corrected chi connectivity index (χ2v) is 8.58. The summed E-state index contributed by atoms with van der Waals surface area (Å²) in [7, 11) is -3.13. The molecular formula is C17H25N3O3S. The van der Waals surface area contributed by atoms with Crippen LogP contribution in [0, 0.1) is 0 Å². The van der Waals surface area contributed by atoms with Gasteiger partial charge in [-0.05, 0) is 18.4 Å². The van der Waals surface area contributed by atoms with Crippen molar-refractivity contribution in [1.82, 2.24) is 14.1 Å². The number of carbonyl (C=O) groups excluding carboxylic acids is 1. The van der Waals surface area contributed by atoms with Gasteiger partial charge >= 0.3 is 0 Å². The number of benzene rings is 1. The van der Waals surface area contributed by atoms with E-state index >= 15 is 0 Å². The number of rotatable bonds is 4. The van der Waals surface area contributed by atoms with E-state index in [1.807, 2.05) is 35.2 Å². The number of sulfonamides is 1. The second kappa shape index (κ2) is 7.21. The zero-order valence-electron chi connectivity index (χ0n) is 14.1. The SMILES string of the molecule is CS(=O)(=O)N1CCN([C@H]2CCCN(Cc3ccccc3)C2=O)CC1. The van der Waals surface area contributed by atoms with Crippen LogP contribution in [0.1, 0.15) is 18.4 Å². The molecule has 2 saturated heterocycles. The van der Waals surface area contributed by atoms with Crippen LogP contribution in [0.15, 0.2) is 30.3 Å². The molecule has 0 radical (unpaired) electrons. The highest BCUT2D eigenvalue weighted by molar-refractivity contribution is 7.88. The summed E-state index contributed by atoms with van der Waals surface area (Å²) < 4.78 is 24.7. The van der Waals surface area contributed by atoms with Gasteiger partial charge in [-0.15, -0.1) is 0 Å². The van der Waals surface area contributed by atoms with E-state index in [4.69, 9.17) is 0 Å². The van der Waals surface area contributed by atoms with Crippen molar-refractivity contribution in [2.45, 2.75) is 25.4 Å². The van der Waals surface area contributed by atoms with Crippen molar-refractivity contribution in [1.29, 1.82) is 0 Å². The topological polar surface area (TPSA) is 60.9 Å². The summed E-state index contributed by atoms with van der Waals surface area (Å²) in [6.45, 7) is 3.65. The van der Waals surface area contributed by atoms with Crippen molar-refractivity contribution in [2.75, 3.05) is 39.0 Å². The minimum absolute atomic E-state index is 0.107. The number of nitrogens with zero attached hydrogens (tertiary/aromatic N) is 3. The molecular weight excluding hydrogens is 326 g/mol. The van der Waals surface area contributed by atoms with E-state index in [2.05, 4.69) is 4.90 Å². The highest BCUT2D eigenvalue weighted by Gasteiger charge is 2.35. The lowest BCUT2D eigenvalue weighted by atomic mass is 10.0. The number of amides is 1. The molecule has 1 aromatic rings. The maximum atomic E-state index is 12.9. The van der Waals surface area contributed by atoms with E-state index in [0.29, 0.717) is 32.7 Å². The van der Waals surface area contributed by atoms with E-state index in [1.54, 1.807) is 0 Å². The number of piperidine rings is 1. The van der Waals surface area contributed by atoms with Crippen molar-refractivity contribution < 1.29 is 13.2 Å². The van der Waals surface area contributed by atoms with Gasteiger partial charge in [-0.3, -0.25) is 9.69 Å². The van der Waals surface area contributed by atoms with Gasteiger partial charge in [-0.1, -0.05) is 30.3 Å². The molecule has 2 heterocycles. The summed E-state index contributed by atoms with van der Waals surface area (Å²) in [6.07, 6.45) is 3.11. The van der Waals surface area contributed by atoms with Crippen molar-refractivity contribution in [3.05, 3.63) is 35.9 Å². The van der Waals surface area contributed by atoms with Gasteiger partial charge in [0.25, 0.3) is 0 Å². The molecule has 1 atom stereocenters. The van der Waals surface area contributed by atoms with E-state index in [9.17, 15) is 13.2 Å². The summed E-state index contributed by atoms with van der Waals surface area (Å²) in [6, 6.07) is 9.94. The minimum Gasteiger partial charge on any atom is -0.337 e. The van der Waals surface area contributed by atoms with Crippen molar-refractivity contribution in [3.63, 3.8) is 0 Å². The van der Waals surface area contributed by atoms with E-state index in [0.717, 1.165) is 24.9 Å². The molecule has 2 aliphatic rings. The third-order valence-electron chi connectivity index (χ3n) is 4.90. The van der Waals surface area contributed by atoms with E-state index < -0.39 is 10.0 Å². The lowest BCUT2D eigenvalue weighted by Gasteiger charge is -2.42. The molecule has 24 heavy (non-hydrogen) atoms. The van der Waals surface area contributed by atoms with Crippen LogP contribution in [-0.2, 0) is 21.4 Å². The molecule has 0 bridgehead atoms. The van der Waals surface area contributed by atoms with Crippen LogP contribution in [0.5, 0.6) is 0 Å². The quantitative estimate of drug-likeness (QED) is 0.803. The maximum absolute atomic E-state index is 12.9. The van der Waals surface area contributed by atoms with E-state index in [1.165, 1.54) is 10.6 Å². The Labute approximate surface area is 144 Å². The molecule has 0 saturated carbocycles. The fraction of sp³-hybridized carbons (Fsp3) is 0.588. The Bertz CT molecular complexity index is 670. The smallest absolute Gasteiger partial charge is 0.240 e. The van der Waals surface area contributed by atoms with Gasteiger partial charge in [0.2, 0.25) is 15.9 Å². The molecule has 7 heteroatoms. The van der Waals surface area contributed by atoms with Gasteiger partial charge < -0.3 is 4.90 Å². The van der Waals surface area contributed by atoms with Crippen LogP contribution in [0.3, 0.4) is 0 Å². The molecule has 1 aromatic carbocycles. The van der Waals surface area contributed by atoms with Crippen molar-refractivity contribution in [2.24, 2.45) is 0 Å². The van der Waals surface area contributed by atoms with Gasteiger partial charge in [-0.2, -0.15) is 4.31 Å². The zero-order chi connectivity index (χ0) is 17.2. The first-order valence-corrected chi connectivity index (χ1v) is 10.3. The Kier molecular flexibility index (Phi) is 5.22. The predicted octanol–water partition coefficient (Wildman–Crippen LogP) is 0.755. The summed E-state index contributed by atoms with van der Waals surface area (Å²) in [5, 5.41) is 0. The summed E-state index contributed by atoms with van der Waals surface area (Å²) in [4.78, 5) is 17.0. The predicted molar refractivity (Wildman–Crippen MR) is 92.9 cm³/mol. The Balaban J connectivity index is 1.61. The summed E-state index contributed by atoms with van der Waals surface area (Å²) in [5.41, 5.74) is 1.15. The fourth-order valence-corrected chi connectivity index (χ4v) is 4.39. The van der Waals surface area contributed by atoms with Gasteiger partial charge in [0, 0.05) is 39.3 Å². The third kappa shape index (κ3) is 3.96. The average molecular weight is 351 g/mol. The van der Waals surface area contributed by atoms with Gasteiger partial charge in [0.15, 0.2) is 0 Å². The van der Waals surface area contributed by atoms with Crippen LogP contribution in [0.2, 0.25) is 0 Å². The first-order valence-electron chi connectivity index (χ1n) is 8.47. The number of hydrogen-bond acceptors (Lipinski definition) is 4. The molecule has 2 aliphatic heterocycles. The highest BCUT2D eigenvalue weighted by atomic mass is 32.2. The Morgan fingerprint density at radius 3 is 2.33 bits per heavy atom. The fourth-order valence-electron chi connectivity index (χ4n) is 3.57. The third-order valence-corrected chi connectivity index (χ3v) is 6.20. The molecule has 2 fully saturated rings. The number of likely N-dealkylation sites (tertiary alicyclic amines) is 1. The Hall–Kier alpha value is -1.44. The molecule has 0 N–H and O–H groups in total. The lowest BCUT2D eigenvalue weighted by molar-refractivity contribution is -0.141. The first-order chi connectivity index (χ1) is 11.4. The summed E-state index contributed by atoms with van der Waals surface area (Å²) >= 11 is 0. The van der Waals surface area contributed by atoms with E-state index in [-0.39, 0.29) is 11.9 Å².